The molecule has 94 valence electrons. The largest absolute Gasteiger partial charge is 0.480 e. The van der Waals surface area contributed by atoms with Gasteiger partial charge in [0.1, 0.15) is 5.54 Å². The number of carbonyl (C=O) groups excluding carboxylic acids is 1. The fraction of sp³-hybridized carbons (Fsp3) is 0.455. The molecule has 1 unspecified atom stereocenters. The summed E-state index contributed by atoms with van der Waals surface area (Å²) in [5, 5.41) is 11.5. The Kier molecular flexibility index (Phi) is 4.54. The first-order chi connectivity index (χ1) is 7.87. The van der Waals surface area contributed by atoms with Crippen molar-refractivity contribution in [3.63, 3.8) is 0 Å². The molecule has 0 aliphatic carbocycles. The summed E-state index contributed by atoms with van der Waals surface area (Å²) in [5.41, 5.74) is -1.21. The number of halogens is 1. The van der Waals surface area contributed by atoms with Gasteiger partial charge < -0.3 is 10.4 Å². The van der Waals surface area contributed by atoms with E-state index in [1.165, 1.54) is 18.3 Å². The van der Waals surface area contributed by atoms with E-state index in [0.717, 1.165) is 4.88 Å². The topological polar surface area (TPSA) is 66.4 Å². The fourth-order valence-electron chi connectivity index (χ4n) is 1.25. The molecule has 17 heavy (non-hydrogen) atoms. The average Bonchev–Trinajstić information content (AvgIpc) is 2.63. The van der Waals surface area contributed by atoms with Gasteiger partial charge in [-0.25, -0.2) is 4.79 Å². The molecular formula is C11H14ClNO3S. The molecule has 0 saturated heterocycles. The third-order valence-corrected chi connectivity index (χ3v) is 3.79. The number of carboxylic acids is 1. The van der Waals surface area contributed by atoms with Crippen molar-refractivity contribution in [3.8, 4) is 0 Å². The van der Waals surface area contributed by atoms with E-state index in [4.69, 9.17) is 16.7 Å². The highest BCUT2D eigenvalue weighted by Crippen LogP contribution is 2.22. The number of hydrogen-bond acceptors (Lipinski definition) is 3. The van der Waals surface area contributed by atoms with Crippen LogP contribution in [0, 0.1) is 0 Å². The van der Waals surface area contributed by atoms with Crippen LogP contribution in [-0.4, -0.2) is 22.5 Å². The maximum Gasteiger partial charge on any atom is 0.329 e. The van der Waals surface area contributed by atoms with Gasteiger partial charge in [0.2, 0.25) is 5.91 Å². The Bertz CT molecular complexity index is 432. The Labute approximate surface area is 109 Å². The number of nitrogens with one attached hydrogen (secondary N) is 1. The SMILES string of the molecule is CCC(C)(NC(=O)Cc1ccc(Cl)s1)C(=O)O. The molecule has 2 N–H and O–H groups in total. The van der Waals surface area contributed by atoms with E-state index in [-0.39, 0.29) is 12.3 Å². The zero-order chi connectivity index (χ0) is 13.1. The van der Waals surface area contributed by atoms with Crippen LogP contribution in [0.4, 0.5) is 0 Å². The van der Waals surface area contributed by atoms with E-state index in [2.05, 4.69) is 5.32 Å². The van der Waals surface area contributed by atoms with E-state index < -0.39 is 11.5 Å². The Morgan fingerprint density at radius 2 is 2.18 bits per heavy atom. The number of amides is 1. The van der Waals surface area contributed by atoms with Crippen molar-refractivity contribution in [2.75, 3.05) is 0 Å². The van der Waals surface area contributed by atoms with E-state index in [0.29, 0.717) is 10.8 Å². The van der Waals surface area contributed by atoms with Gasteiger partial charge in [-0.2, -0.15) is 0 Å². The van der Waals surface area contributed by atoms with E-state index in [1.807, 2.05) is 0 Å². The second kappa shape index (κ2) is 5.51. The Morgan fingerprint density at radius 1 is 1.53 bits per heavy atom. The molecule has 0 aliphatic rings. The molecule has 1 heterocycles. The summed E-state index contributed by atoms with van der Waals surface area (Å²) in [7, 11) is 0. The lowest BCUT2D eigenvalue weighted by molar-refractivity contribution is -0.146. The first kappa shape index (κ1) is 14.0. The number of hydrogen-bond donors (Lipinski definition) is 2. The standard InChI is InChI=1S/C11H14ClNO3S/c1-3-11(2,10(15)16)13-9(14)6-7-4-5-8(12)17-7/h4-5H,3,6H2,1-2H3,(H,13,14)(H,15,16). The van der Waals surface area contributed by atoms with Crippen molar-refractivity contribution in [2.45, 2.75) is 32.2 Å². The molecule has 0 spiro atoms. The van der Waals surface area contributed by atoms with Gasteiger partial charge in [0.25, 0.3) is 0 Å². The van der Waals surface area contributed by atoms with Crippen molar-refractivity contribution in [1.82, 2.24) is 5.32 Å². The van der Waals surface area contributed by atoms with Crippen molar-refractivity contribution in [1.29, 1.82) is 0 Å². The zero-order valence-corrected chi connectivity index (χ0v) is 11.2. The molecule has 0 aliphatic heterocycles. The van der Waals surface area contributed by atoms with Crippen LogP contribution >= 0.6 is 22.9 Å². The molecule has 0 bridgehead atoms. The molecule has 1 rings (SSSR count). The van der Waals surface area contributed by atoms with Crippen LogP contribution < -0.4 is 5.32 Å². The molecule has 0 aromatic carbocycles. The average molecular weight is 276 g/mol. The molecule has 1 aromatic heterocycles. The smallest absolute Gasteiger partial charge is 0.329 e. The lowest BCUT2D eigenvalue weighted by Crippen LogP contribution is -2.52. The van der Waals surface area contributed by atoms with Gasteiger partial charge in [0, 0.05) is 4.88 Å². The minimum Gasteiger partial charge on any atom is -0.480 e. The predicted octanol–water partition coefficient (Wildman–Crippen LogP) is 2.31. The summed E-state index contributed by atoms with van der Waals surface area (Å²) in [6.07, 6.45) is 0.486. The van der Waals surface area contributed by atoms with Crippen molar-refractivity contribution >= 4 is 34.8 Å². The molecule has 0 radical (unpaired) electrons. The van der Waals surface area contributed by atoms with Crippen molar-refractivity contribution < 1.29 is 14.7 Å². The summed E-state index contributed by atoms with van der Waals surface area (Å²) in [4.78, 5) is 23.5. The van der Waals surface area contributed by atoms with Crippen LogP contribution in [0.25, 0.3) is 0 Å². The van der Waals surface area contributed by atoms with Gasteiger partial charge in [0.05, 0.1) is 10.8 Å². The summed E-state index contributed by atoms with van der Waals surface area (Å²) in [6, 6.07) is 3.47. The highest BCUT2D eigenvalue weighted by Gasteiger charge is 2.32. The molecule has 0 saturated carbocycles. The third-order valence-electron chi connectivity index (χ3n) is 2.56. The monoisotopic (exact) mass is 275 g/mol. The summed E-state index contributed by atoms with van der Waals surface area (Å²) in [6.45, 7) is 3.21. The first-order valence-corrected chi connectivity index (χ1v) is 6.35. The quantitative estimate of drug-likeness (QED) is 0.867. The predicted molar refractivity (Wildman–Crippen MR) is 67.5 cm³/mol. The number of thiophene rings is 1. The second-order valence-electron chi connectivity index (χ2n) is 3.92. The maximum atomic E-state index is 11.7. The third kappa shape index (κ3) is 3.71. The highest BCUT2D eigenvalue weighted by molar-refractivity contribution is 7.16. The van der Waals surface area contributed by atoms with Crippen LogP contribution in [0.15, 0.2) is 12.1 Å². The zero-order valence-electron chi connectivity index (χ0n) is 9.62. The number of aliphatic carboxylic acids is 1. The first-order valence-electron chi connectivity index (χ1n) is 5.16. The molecule has 0 fully saturated rings. The normalized spacial score (nSPS) is 14.1. The summed E-state index contributed by atoms with van der Waals surface area (Å²) < 4.78 is 0.615. The highest BCUT2D eigenvalue weighted by atomic mass is 35.5. The number of carbonyl (C=O) groups is 2. The van der Waals surface area contributed by atoms with Crippen LogP contribution in [0.3, 0.4) is 0 Å². The Hall–Kier alpha value is -1.07. The molecule has 1 atom stereocenters. The van der Waals surface area contributed by atoms with Gasteiger partial charge in [-0.05, 0) is 25.5 Å². The second-order valence-corrected chi connectivity index (χ2v) is 5.72. The van der Waals surface area contributed by atoms with Gasteiger partial charge in [-0.1, -0.05) is 18.5 Å². The van der Waals surface area contributed by atoms with Gasteiger partial charge in [0.15, 0.2) is 0 Å². The van der Waals surface area contributed by atoms with Crippen LogP contribution in [0.5, 0.6) is 0 Å². The number of carboxylic acid groups (broad SMARTS) is 1. The van der Waals surface area contributed by atoms with Crippen LogP contribution in [-0.2, 0) is 16.0 Å². The Morgan fingerprint density at radius 3 is 2.59 bits per heavy atom. The lowest BCUT2D eigenvalue weighted by Gasteiger charge is -2.24. The minimum absolute atomic E-state index is 0.153. The number of rotatable bonds is 5. The van der Waals surface area contributed by atoms with E-state index in [1.54, 1.807) is 19.1 Å². The van der Waals surface area contributed by atoms with Crippen LogP contribution in [0.1, 0.15) is 25.1 Å². The lowest BCUT2D eigenvalue weighted by atomic mass is 9.99. The maximum absolute atomic E-state index is 11.7. The van der Waals surface area contributed by atoms with Gasteiger partial charge in [-0.15, -0.1) is 11.3 Å². The molecular weight excluding hydrogens is 262 g/mol. The molecule has 4 nitrogen and oxygen atoms in total. The van der Waals surface area contributed by atoms with Crippen molar-refractivity contribution in [2.24, 2.45) is 0 Å². The fourth-order valence-corrected chi connectivity index (χ4v) is 2.34. The Balaban J connectivity index is 2.63. The summed E-state index contributed by atoms with van der Waals surface area (Å²) >= 11 is 7.06. The van der Waals surface area contributed by atoms with Crippen LogP contribution in [0.2, 0.25) is 4.34 Å². The minimum atomic E-state index is -1.21. The van der Waals surface area contributed by atoms with Gasteiger partial charge in [-0.3, -0.25) is 4.79 Å². The van der Waals surface area contributed by atoms with E-state index in [9.17, 15) is 9.59 Å². The molecule has 1 aromatic rings. The van der Waals surface area contributed by atoms with Crippen molar-refractivity contribution in [3.05, 3.63) is 21.3 Å². The van der Waals surface area contributed by atoms with E-state index >= 15 is 0 Å². The molecule has 1 amide bonds. The molecule has 6 heteroatoms. The van der Waals surface area contributed by atoms with Gasteiger partial charge >= 0.3 is 5.97 Å². The summed E-state index contributed by atoms with van der Waals surface area (Å²) in [5.74, 6) is -1.34.